The molecule has 1 aliphatic heterocycles. The van der Waals surface area contributed by atoms with Gasteiger partial charge < -0.3 is 5.32 Å². The number of hydrogen-bond donors (Lipinski definition) is 1. The number of halogens is 1. The van der Waals surface area contributed by atoms with E-state index in [9.17, 15) is 4.39 Å². The number of benzene rings is 1. The molecule has 0 fully saturated rings. The van der Waals surface area contributed by atoms with E-state index in [2.05, 4.69) is 26.1 Å². The molecule has 1 heterocycles. The molecule has 1 N–H and O–H groups in total. The Balaban J connectivity index is 2.45. The van der Waals surface area contributed by atoms with Crippen molar-refractivity contribution in [3.8, 4) is 0 Å². The van der Waals surface area contributed by atoms with E-state index in [1.807, 2.05) is 6.07 Å². The van der Waals surface area contributed by atoms with Crippen molar-refractivity contribution in [3.63, 3.8) is 0 Å². The van der Waals surface area contributed by atoms with Crippen LogP contribution in [0.3, 0.4) is 0 Å². The molecule has 2 heteroatoms. The minimum atomic E-state index is -0.130. The first-order valence-corrected chi connectivity index (χ1v) is 5.02. The molecule has 1 aliphatic rings. The van der Waals surface area contributed by atoms with Gasteiger partial charge in [0, 0.05) is 12.5 Å². The summed E-state index contributed by atoms with van der Waals surface area (Å²) in [6, 6.07) is 5.32. The Morgan fingerprint density at radius 1 is 1.36 bits per heavy atom. The SMILES string of the molecule is CC(C)(C)C1CNc2c(F)cccc21. The summed E-state index contributed by atoms with van der Waals surface area (Å²) in [5.74, 6) is 0.280. The smallest absolute Gasteiger partial charge is 0.146 e. The van der Waals surface area contributed by atoms with Gasteiger partial charge in [0.1, 0.15) is 5.82 Å². The molecule has 76 valence electrons. The van der Waals surface area contributed by atoms with Crippen LogP contribution in [-0.4, -0.2) is 6.54 Å². The van der Waals surface area contributed by atoms with Crippen LogP contribution in [0.25, 0.3) is 0 Å². The Bertz CT molecular complexity index is 352. The van der Waals surface area contributed by atoms with Crippen LogP contribution in [0.4, 0.5) is 10.1 Å². The summed E-state index contributed by atoms with van der Waals surface area (Å²) < 4.78 is 13.4. The second-order valence-electron chi connectivity index (χ2n) is 5.00. The molecule has 0 aromatic heterocycles. The maximum Gasteiger partial charge on any atom is 0.146 e. The summed E-state index contributed by atoms with van der Waals surface area (Å²) in [5.41, 5.74) is 2.01. The first-order valence-electron chi connectivity index (χ1n) is 5.02. The summed E-state index contributed by atoms with van der Waals surface area (Å²) in [4.78, 5) is 0. The van der Waals surface area contributed by atoms with Crippen molar-refractivity contribution in [1.82, 2.24) is 0 Å². The molecule has 1 nitrogen and oxygen atoms in total. The molecular weight excluding hydrogens is 177 g/mol. The maximum absolute atomic E-state index is 13.4. The standard InChI is InChI=1S/C12H16FN/c1-12(2,3)9-7-14-11-8(9)5-4-6-10(11)13/h4-6,9,14H,7H2,1-3H3. The van der Waals surface area contributed by atoms with Gasteiger partial charge in [-0.2, -0.15) is 0 Å². The second-order valence-corrected chi connectivity index (χ2v) is 5.00. The number of para-hydroxylation sites is 1. The highest BCUT2D eigenvalue weighted by atomic mass is 19.1. The number of nitrogens with one attached hydrogen (secondary N) is 1. The molecule has 0 amide bonds. The van der Waals surface area contributed by atoms with E-state index >= 15 is 0 Å². The zero-order valence-electron chi connectivity index (χ0n) is 8.89. The third-order valence-electron chi connectivity index (χ3n) is 2.95. The molecule has 0 aliphatic carbocycles. The van der Waals surface area contributed by atoms with Crippen LogP contribution >= 0.6 is 0 Å². The third-order valence-corrected chi connectivity index (χ3v) is 2.95. The van der Waals surface area contributed by atoms with Gasteiger partial charge in [-0.05, 0) is 17.0 Å². The number of fused-ring (bicyclic) bond motifs is 1. The van der Waals surface area contributed by atoms with Gasteiger partial charge in [0.05, 0.1) is 5.69 Å². The minimum Gasteiger partial charge on any atom is -0.382 e. The van der Waals surface area contributed by atoms with Gasteiger partial charge in [0.15, 0.2) is 0 Å². The Morgan fingerprint density at radius 3 is 2.71 bits per heavy atom. The molecule has 0 spiro atoms. The second kappa shape index (κ2) is 2.97. The molecule has 14 heavy (non-hydrogen) atoms. The highest BCUT2D eigenvalue weighted by molar-refractivity contribution is 5.59. The Labute approximate surface area is 84.3 Å². The Kier molecular flexibility index (Phi) is 2.02. The lowest BCUT2D eigenvalue weighted by Gasteiger charge is -2.26. The van der Waals surface area contributed by atoms with Gasteiger partial charge >= 0.3 is 0 Å². The third kappa shape index (κ3) is 1.39. The van der Waals surface area contributed by atoms with E-state index in [4.69, 9.17) is 0 Å². The van der Waals surface area contributed by atoms with Crippen LogP contribution in [0, 0.1) is 11.2 Å². The Morgan fingerprint density at radius 2 is 2.07 bits per heavy atom. The van der Waals surface area contributed by atoms with E-state index in [1.165, 1.54) is 6.07 Å². The van der Waals surface area contributed by atoms with E-state index in [0.29, 0.717) is 11.6 Å². The fourth-order valence-electron chi connectivity index (χ4n) is 2.10. The van der Waals surface area contributed by atoms with Crippen molar-refractivity contribution in [2.75, 3.05) is 11.9 Å². The number of hydrogen-bond acceptors (Lipinski definition) is 1. The number of rotatable bonds is 0. The summed E-state index contributed by atoms with van der Waals surface area (Å²) >= 11 is 0. The van der Waals surface area contributed by atoms with Crippen molar-refractivity contribution in [2.24, 2.45) is 5.41 Å². The van der Waals surface area contributed by atoms with Crippen molar-refractivity contribution < 1.29 is 4.39 Å². The topological polar surface area (TPSA) is 12.0 Å². The van der Waals surface area contributed by atoms with Gasteiger partial charge in [-0.3, -0.25) is 0 Å². The van der Waals surface area contributed by atoms with E-state index < -0.39 is 0 Å². The van der Waals surface area contributed by atoms with Gasteiger partial charge in [-0.25, -0.2) is 4.39 Å². The van der Waals surface area contributed by atoms with E-state index in [1.54, 1.807) is 6.07 Å². The molecule has 0 bridgehead atoms. The lowest BCUT2D eigenvalue weighted by molar-refractivity contribution is 0.339. The zero-order chi connectivity index (χ0) is 10.3. The van der Waals surface area contributed by atoms with Gasteiger partial charge in [0.2, 0.25) is 0 Å². The van der Waals surface area contributed by atoms with Crippen LogP contribution in [-0.2, 0) is 0 Å². The monoisotopic (exact) mass is 193 g/mol. The molecule has 1 unspecified atom stereocenters. The molecule has 1 atom stereocenters. The van der Waals surface area contributed by atoms with Gasteiger partial charge in [-0.15, -0.1) is 0 Å². The van der Waals surface area contributed by atoms with Crippen LogP contribution in [0.15, 0.2) is 18.2 Å². The van der Waals surface area contributed by atoms with Gasteiger partial charge in [-0.1, -0.05) is 32.9 Å². The van der Waals surface area contributed by atoms with Crippen LogP contribution in [0.1, 0.15) is 32.3 Å². The summed E-state index contributed by atoms with van der Waals surface area (Å²) in [6.45, 7) is 7.43. The predicted molar refractivity (Wildman–Crippen MR) is 57.1 cm³/mol. The van der Waals surface area contributed by atoms with Crippen molar-refractivity contribution in [1.29, 1.82) is 0 Å². The average molecular weight is 193 g/mol. The van der Waals surface area contributed by atoms with Crippen molar-refractivity contribution in [3.05, 3.63) is 29.6 Å². The minimum absolute atomic E-state index is 0.130. The predicted octanol–water partition coefficient (Wildman–Crippen LogP) is 3.38. The molecule has 0 saturated heterocycles. The van der Waals surface area contributed by atoms with Crippen molar-refractivity contribution in [2.45, 2.75) is 26.7 Å². The zero-order valence-corrected chi connectivity index (χ0v) is 8.89. The maximum atomic E-state index is 13.4. The molecular formula is C12H16FN. The highest BCUT2D eigenvalue weighted by Crippen LogP contribution is 2.43. The molecule has 1 aromatic carbocycles. The molecule has 2 rings (SSSR count). The average Bonchev–Trinajstić information content (AvgIpc) is 2.47. The molecule has 0 radical (unpaired) electrons. The molecule has 0 saturated carbocycles. The van der Waals surface area contributed by atoms with Crippen LogP contribution < -0.4 is 5.32 Å². The molecule has 1 aromatic rings. The van der Waals surface area contributed by atoms with E-state index in [0.717, 1.165) is 12.1 Å². The quantitative estimate of drug-likeness (QED) is 0.666. The lowest BCUT2D eigenvalue weighted by atomic mass is 9.78. The highest BCUT2D eigenvalue weighted by Gasteiger charge is 2.33. The fourth-order valence-corrected chi connectivity index (χ4v) is 2.10. The summed E-state index contributed by atoms with van der Waals surface area (Å²) in [5, 5.41) is 3.15. The van der Waals surface area contributed by atoms with Gasteiger partial charge in [0.25, 0.3) is 0 Å². The number of anilines is 1. The fraction of sp³-hybridized carbons (Fsp3) is 0.500. The largest absolute Gasteiger partial charge is 0.382 e. The summed E-state index contributed by atoms with van der Waals surface area (Å²) in [6.07, 6.45) is 0. The van der Waals surface area contributed by atoms with E-state index in [-0.39, 0.29) is 11.2 Å². The van der Waals surface area contributed by atoms with Crippen molar-refractivity contribution >= 4 is 5.69 Å². The first kappa shape index (κ1) is 9.50. The van der Waals surface area contributed by atoms with Crippen LogP contribution in [0.5, 0.6) is 0 Å². The summed E-state index contributed by atoms with van der Waals surface area (Å²) in [7, 11) is 0. The Hall–Kier alpha value is -1.05. The van der Waals surface area contributed by atoms with Crippen LogP contribution in [0.2, 0.25) is 0 Å². The lowest BCUT2D eigenvalue weighted by Crippen LogP contribution is -2.19. The first-order chi connectivity index (χ1) is 6.50. The normalized spacial score (nSPS) is 20.4.